The van der Waals surface area contributed by atoms with E-state index in [-0.39, 0.29) is 29.0 Å². The summed E-state index contributed by atoms with van der Waals surface area (Å²) in [6.45, 7) is 4.42. The number of carbonyl (C=O) groups excluding carboxylic acids is 1. The van der Waals surface area contributed by atoms with Gasteiger partial charge in [-0.3, -0.25) is 14.4 Å². The molecule has 3 N–H and O–H groups in total. The highest BCUT2D eigenvalue weighted by molar-refractivity contribution is 8.16. The summed E-state index contributed by atoms with van der Waals surface area (Å²) in [5.74, 6) is 0.267. The number of hydrogen-bond donors (Lipinski definition) is 3. The molecule has 0 atom stereocenters. The number of Topliss-reactive ketones (excluding diaryl/α,β-unsaturated/α-hetero) is 1. The standard InChI is InChI=1S/C29H38O8S2/c1-3-9-22-25(13-12-21(20(2)30)28(22)35)37-17-8-4-7-16-36-24-11-6-5-10-23(24)29(38-18-14-26(31)32)39-19-15-27(33)34/h5-6,10-13,29,35H,3-4,7-9,14-19H2,1-2H3,(H,31,32)(H,33,34). The van der Waals surface area contributed by atoms with E-state index in [1.165, 1.54) is 30.4 Å². The molecule has 0 bridgehead atoms. The Morgan fingerprint density at radius 1 is 0.846 bits per heavy atom. The Bertz CT molecular complexity index is 1070. The first-order valence-electron chi connectivity index (χ1n) is 13.1. The van der Waals surface area contributed by atoms with Gasteiger partial charge < -0.3 is 24.8 Å². The zero-order valence-corrected chi connectivity index (χ0v) is 24.2. The number of para-hydroxylation sites is 1. The molecule has 0 unspecified atom stereocenters. The van der Waals surface area contributed by atoms with Gasteiger partial charge in [0.15, 0.2) is 5.78 Å². The lowest BCUT2D eigenvalue weighted by atomic mass is 10.0. The zero-order valence-electron chi connectivity index (χ0n) is 22.5. The molecule has 0 aliphatic heterocycles. The van der Waals surface area contributed by atoms with Crippen LogP contribution in [-0.4, -0.2) is 57.8 Å². The van der Waals surface area contributed by atoms with Gasteiger partial charge in [0.25, 0.3) is 0 Å². The van der Waals surface area contributed by atoms with E-state index in [1.54, 1.807) is 12.1 Å². The molecular formula is C29H38O8S2. The average molecular weight is 579 g/mol. The Morgan fingerprint density at radius 2 is 1.44 bits per heavy atom. The van der Waals surface area contributed by atoms with Crippen molar-refractivity contribution in [3.63, 3.8) is 0 Å². The molecule has 0 saturated heterocycles. The van der Waals surface area contributed by atoms with Gasteiger partial charge in [-0.15, -0.1) is 23.5 Å². The highest BCUT2D eigenvalue weighted by atomic mass is 32.2. The molecule has 0 amide bonds. The molecule has 0 fully saturated rings. The number of carbonyl (C=O) groups is 3. The first kappa shape index (κ1) is 32.4. The lowest BCUT2D eigenvalue weighted by Gasteiger charge is -2.20. The minimum atomic E-state index is -0.864. The number of ketones is 1. The number of carboxylic acid groups (broad SMARTS) is 2. The van der Waals surface area contributed by atoms with Gasteiger partial charge in [0.05, 0.1) is 36.2 Å². The van der Waals surface area contributed by atoms with Gasteiger partial charge in [0, 0.05) is 22.6 Å². The molecule has 39 heavy (non-hydrogen) atoms. The fourth-order valence-electron chi connectivity index (χ4n) is 3.81. The molecule has 0 spiro atoms. The van der Waals surface area contributed by atoms with E-state index in [0.717, 1.165) is 37.0 Å². The van der Waals surface area contributed by atoms with Gasteiger partial charge in [0.1, 0.15) is 17.2 Å². The maximum Gasteiger partial charge on any atom is 0.304 e. The summed E-state index contributed by atoms with van der Waals surface area (Å²) in [6.07, 6.45) is 3.98. The van der Waals surface area contributed by atoms with Crippen LogP contribution in [0.1, 0.15) is 78.4 Å². The van der Waals surface area contributed by atoms with E-state index in [1.807, 2.05) is 31.2 Å². The third kappa shape index (κ3) is 11.4. The third-order valence-electron chi connectivity index (χ3n) is 5.77. The van der Waals surface area contributed by atoms with Crippen LogP contribution in [0.4, 0.5) is 0 Å². The topological polar surface area (TPSA) is 130 Å². The minimum Gasteiger partial charge on any atom is -0.507 e. The van der Waals surface area contributed by atoms with E-state index < -0.39 is 11.9 Å². The molecule has 0 heterocycles. The average Bonchev–Trinajstić information content (AvgIpc) is 2.88. The van der Waals surface area contributed by atoms with Crippen molar-refractivity contribution < 1.29 is 39.2 Å². The summed E-state index contributed by atoms with van der Waals surface area (Å²) in [7, 11) is 0. The van der Waals surface area contributed by atoms with E-state index in [4.69, 9.17) is 19.7 Å². The van der Waals surface area contributed by atoms with Crippen molar-refractivity contribution in [3.8, 4) is 17.2 Å². The van der Waals surface area contributed by atoms with Crippen LogP contribution >= 0.6 is 23.5 Å². The smallest absolute Gasteiger partial charge is 0.304 e. The van der Waals surface area contributed by atoms with Crippen LogP contribution < -0.4 is 9.47 Å². The van der Waals surface area contributed by atoms with Crippen molar-refractivity contribution in [3.05, 3.63) is 53.1 Å². The second-order valence-corrected chi connectivity index (χ2v) is 11.6. The molecule has 0 aromatic heterocycles. The van der Waals surface area contributed by atoms with Crippen molar-refractivity contribution in [1.82, 2.24) is 0 Å². The van der Waals surface area contributed by atoms with Crippen LogP contribution in [0.2, 0.25) is 0 Å². The van der Waals surface area contributed by atoms with E-state index in [2.05, 4.69) is 0 Å². The molecule has 8 nitrogen and oxygen atoms in total. The highest BCUT2D eigenvalue weighted by Crippen LogP contribution is 2.44. The lowest BCUT2D eigenvalue weighted by molar-refractivity contribution is -0.137. The van der Waals surface area contributed by atoms with Crippen molar-refractivity contribution in [1.29, 1.82) is 0 Å². The van der Waals surface area contributed by atoms with Crippen LogP contribution in [-0.2, 0) is 16.0 Å². The second-order valence-electron chi connectivity index (χ2n) is 8.90. The molecule has 0 saturated carbocycles. The zero-order chi connectivity index (χ0) is 28.6. The van der Waals surface area contributed by atoms with Crippen LogP contribution in [0.5, 0.6) is 17.2 Å². The van der Waals surface area contributed by atoms with Gasteiger partial charge >= 0.3 is 11.9 Å². The number of rotatable bonds is 20. The molecule has 2 aromatic carbocycles. The normalized spacial score (nSPS) is 10.9. The van der Waals surface area contributed by atoms with Crippen molar-refractivity contribution in [2.45, 2.75) is 63.4 Å². The first-order chi connectivity index (χ1) is 18.7. The number of ether oxygens (including phenoxy) is 2. The predicted octanol–water partition coefficient (Wildman–Crippen LogP) is 6.59. The van der Waals surface area contributed by atoms with Gasteiger partial charge in [-0.1, -0.05) is 31.5 Å². The third-order valence-corrected chi connectivity index (χ3v) is 8.58. The number of phenols is 1. The SMILES string of the molecule is CCCc1c(OCCCCCOc2ccccc2C(SCCC(=O)O)SCCC(=O)O)ccc(C(C)=O)c1O. The van der Waals surface area contributed by atoms with Crippen molar-refractivity contribution in [2.24, 2.45) is 0 Å². The lowest BCUT2D eigenvalue weighted by Crippen LogP contribution is -2.06. The summed E-state index contributed by atoms with van der Waals surface area (Å²) in [4.78, 5) is 33.7. The van der Waals surface area contributed by atoms with Gasteiger partial charge in [-0.05, 0) is 50.8 Å². The molecule has 2 aromatic rings. The Morgan fingerprint density at radius 3 is 2.00 bits per heavy atom. The Hall–Kier alpha value is -2.85. The molecular weight excluding hydrogens is 540 g/mol. The largest absolute Gasteiger partial charge is 0.507 e. The number of aromatic hydroxyl groups is 1. The quantitative estimate of drug-likeness (QED) is 0.0898. The number of phenolic OH excluding ortho intramolecular Hbond substituents is 1. The number of thioether (sulfide) groups is 2. The van der Waals surface area contributed by atoms with E-state index >= 15 is 0 Å². The molecule has 0 aliphatic rings. The number of hydrogen-bond acceptors (Lipinski definition) is 8. The maximum absolute atomic E-state index is 11.7. The van der Waals surface area contributed by atoms with E-state index in [0.29, 0.717) is 48.0 Å². The summed E-state index contributed by atoms with van der Waals surface area (Å²) >= 11 is 2.96. The number of unbranched alkanes of at least 4 members (excludes halogenated alkanes) is 2. The summed E-state index contributed by atoms with van der Waals surface area (Å²) in [5.41, 5.74) is 1.90. The molecule has 2 rings (SSSR count). The predicted molar refractivity (Wildman–Crippen MR) is 156 cm³/mol. The van der Waals surface area contributed by atoms with Crippen LogP contribution in [0, 0.1) is 0 Å². The van der Waals surface area contributed by atoms with Gasteiger partial charge in [-0.2, -0.15) is 0 Å². The maximum atomic E-state index is 11.7. The molecule has 0 aliphatic carbocycles. The molecule has 214 valence electrons. The molecule has 10 heteroatoms. The fraction of sp³-hybridized carbons (Fsp3) is 0.483. The summed E-state index contributed by atoms with van der Waals surface area (Å²) in [5, 5.41) is 28.5. The highest BCUT2D eigenvalue weighted by Gasteiger charge is 2.19. The number of carboxylic acids is 2. The Balaban J connectivity index is 1.87. The van der Waals surface area contributed by atoms with Crippen molar-refractivity contribution >= 4 is 41.2 Å². The Kier molecular flexibility index (Phi) is 14.7. The van der Waals surface area contributed by atoms with Gasteiger partial charge in [0.2, 0.25) is 0 Å². The second kappa shape index (κ2) is 17.7. The van der Waals surface area contributed by atoms with E-state index in [9.17, 15) is 19.5 Å². The minimum absolute atomic E-state index is 0.00877. The number of benzene rings is 2. The van der Waals surface area contributed by atoms with Gasteiger partial charge in [-0.25, -0.2) is 0 Å². The van der Waals surface area contributed by atoms with Crippen LogP contribution in [0.15, 0.2) is 36.4 Å². The number of aliphatic carboxylic acids is 2. The fourth-order valence-corrected chi connectivity index (χ4v) is 6.54. The Labute approximate surface area is 238 Å². The molecule has 0 radical (unpaired) electrons. The first-order valence-corrected chi connectivity index (χ1v) is 15.2. The van der Waals surface area contributed by atoms with Crippen molar-refractivity contribution in [2.75, 3.05) is 24.7 Å². The van der Waals surface area contributed by atoms with Crippen LogP contribution in [0.3, 0.4) is 0 Å². The summed E-state index contributed by atoms with van der Waals surface area (Å²) in [6, 6.07) is 11.0. The summed E-state index contributed by atoms with van der Waals surface area (Å²) < 4.78 is 11.9. The monoisotopic (exact) mass is 578 g/mol. The van der Waals surface area contributed by atoms with Crippen LogP contribution in [0.25, 0.3) is 0 Å².